The van der Waals surface area contributed by atoms with Gasteiger partial charge in [0.15, 0.2) is 11.9 Å². The van der Waals surface area contributed by atoms with Crippen molar-refractivity contribution in [3.63, 3.8) is 0 Å². The second-order valence-electron chi connectivity index (χ2n) is 4.82. The van der Waals surface area contributed by atoms with Crippen LogP contribution in [0.15, 0.2) is 11.1 Å². The molecular weight excluding hydrogens is 314 g/mol. The first-order valence-electron chi connectivity index (χ1n) is 6.34. The van der Waals surface area contributed by atoms with Crippen LogP contribution < -0.4 is 11.3 Å². The Bertz CT molecular complexity index is 789. The maximum atomic E-state index is 11.9. The number of ether oxygens (including phenoxy) is 1. The van der Waals surface area contributed by atoms with Gasteiger partial charge in [-0.05, 0) is 0 Å². The molecule has 1 saturated heterocycles. The van der Waals surface area contributed by atoms with Crippen molar-refractivity contribution in [2.24, 2.45) is 5.73 Å². The first-order valence-corrected chi connectivity index (χ1v) is 6.74. The van der Waals surface area contributed by atoms with E-state index in [0.29, 0.717) is 0 Å². The summed E-state index contributed by atoms with van der Waals surface area (Å²) in [6, 6.07) is 0. The molecule has 2 aromatic rings. The lowest BCUT2D eigenvalue weighted by Gasteiger charge is -2.15. The second kappa shape index (κ2) is 5.37. The zero-order chi connectivity index (χ0) is 16.0. The van der Waals surface area contributed by atoms with Crippen molar-refractivity contribution in [2.45, 2.75) is 24.5 Å². The number of rotatable bonds is 3. The highest BCUT2D eigenvalue weighted by molar-refractivity contribution is 7.80. The van der Waals surface area contributed by atoms with Gasteiger partial charge in [0.05, 0.1) is 12.9 Å². The molecule has 1 aliphatic rings. The molecule has 1 unspecified atom stereocenters. The molecule has 0 amide bonds. The molecule has 0 spiro atoms. The average molecular weight is 327 g/mol. The van der Waals surface area contributed by atoms with Gasteiger partial charge in [-0.15, -0.1) is 0 Å². The van der Waals surface area contributed by atoms with Crippen molar-refractivity contribution in [3.8, 4) is 0 Å². The highest BCUT2D eigenvalue weighted by Gasteiger charge is 2.44. The summed E-state index contributed by atoms with van der Waals surface area (Å²) < 4.78 is 6.50. The van der Waals surface area contributed by atoms with Gasteiger partial charge in [0.25, 0.3) is 5.56 Å². The van der Waals surface area contributed by atoms with Crippen molar-refractivity contribution < 1.29 is 20.1 Å². The number of H-pyrrole nitrogens is 1. The van der Waals surface area contributed by atoms with E-state index in [1.807, 2.05) is 0 Å². The van der Waals surface area contributed by atoms with Crippen LogP contribution in [0.1, 0.15) is 11.9 Å². The fraction of sp³-hybridized carbons (Fsp3) is 0.455. The van der Waals surface area contributed by atoms with E-state index in [1.54, 1.807) is 0 Å². The molecule has 1 aliphatic heterocycles. The third kappa shape index (κ3) is 2.10. The number of thiocarbonyl (C=S) groups is 1. The van der Waals surface area contributed by atoms with Gasteiger partial charge in [-0.2, -0.15) is 5.10 Å². The predicted octanol–water partition coefficient (Wildman–Crippen LogP) is -2.63. The van der Waals surface area contributed by atoms with Crippen molar-refractivity contribution >= 4 is 28.2 Å². The number of aromatic amines is 1. The fourth-order valence-electron chi connectivity index (χ4n) is 2.41. The maximum absolute atomic E-state index is 11.9. The van der Waals surface area contributed by atoms with Gasteiger partial charge in [-0.1, -0.05) is 12.2 Å². The monoisotopic (exact) mass is 327 g/mol. The molecule has 0 aliphatic carbocycles. The van der Waals surface area contributed by atoms with Crippen molar-refractivity contribution in [1.82, 2.24) is 19.7 Å². The molecular formula is C11H13N5O5S. The Hall–Kier alpha value is -1.92. The van der Waals surface area contributed by atoms with E-state index in [-0.39, 0.29) is 21.7 Å². The summed E-state index contributed by atoms with van der Waals surface area (Å²) in [5, 5.41) is 33.2. The molecule has 118 valence electrons. The van der Waals surface area contributed by atoms with Crippen LogP contribution in [0.25, 0.3) is 11.0 Å². The summed E-state index contributed by atoms with van der Waals surface area (Å²) >= 11 is 4.86. The fourth-order valence-corrected chi connectivity index (χ4v) is 2.56. The quantitative estimate of drug-likeness (QED) is 0.380. The minimum Gasteiger partial charge on any atom is -0.394 e. The largest absolute Gasteiger partial charge is 0.394 e. The molecule has 6 N–H and O–H groups in total. The normalized spacial score (nSPS) is 28.3. The number of nitrogens with one attached hydrogen (secondary N) is 1. The van der Waals surface area contributed by atoms with Crippen LogP contribution in [-0.2, 0) is 4.74 Å². The third-order valence-corrected chi connectivity index (χ3v) is 3.68. The average Bonchev–Trinajstić information content (AvgIpc) is 3.00. The highest BCUT2D eigenvalue weighted by atomic mass is 32.1. The zero-order valence-electron chi connectivity index (χ0n) is 11.1. The third-order valence-electron chi connectivity index (χ3n) is 3.49. The second-order valence-corrected chi connectivity index (χ2v) is 5.26. The first kappa shape index (κ1) is 15.0. The smallest absolute Gasteiger partial charge is 0.262 e. The van der Waals surface area contributed by atoms with Crippen LogP contribution in [0.2, 0.25) is 0 Å². The van der Waals surface area contributed by atoms with Gasteiger partial charge in [-0.25, -0.2) is 9.67 Å². The van der Waals surface area contributed by atoms with E-state index in [1.165, 1.54) is 0 Å². The SMILES string of the molecule is NC(=S)c1nn(C2O[C@H](CO)[C@@H](O)[C@H]2O)c2nc[nH]c(=O)c12. The van der Waals surface area contributed by atoms with E-state index in [4.69, 9.17) is 27.8 Å². The van der Waals surface area contributed by atoms with Gasteiger partial charge >= 0.3 is 0 Å². The molecule has 2 aromatic heterocycles. The van der Waals surface area contributed by atoms with Crippen molar-refractivity contribution in [3.05, 3.63) is 22.4 Å². The molecule has 3 rings (SSSR count). The topological polar surface area (TPSA) is 160 Å². The van der Waals surface area contributed by atoms with Crippen molar-refractivity contribution in [2.75, 3.05) is 6.61 Å². The number of aliphatic hydroxyl groups excluding tert-OH is 3. The summed E-state index contributed by atoms with van der Waals surface area (Å²) in [6.07, 6.45) is -3.61. The lowest BCUT2D eigenvalue weighted by molar-refractivity contribution is -0.0566. The number of aromatic nitrogens is 4. The van der Waals surface area contributed by atoms with Gasteiger partial charge in [-0.3, -0.25) is 4.79 Å². The standard InChI is InChI=1S/C11H13N5O5S/c12-8(22)5-4-9(13-2-14-10(4)20)16(15-5)11-7(19)6(18)3(1-17)21-11/h2-3,6-7,11,17-19H,1H2,(H2,12,22)(H,13,14,20)/t3-,6-,7-,11?/m1/s1. The van der Waals surface area contributed by atoms with Gasteiger partial charge in [0.1, 0.15) is 34.4 Å². The van der Waals surface area contributed by atoms with E-state index >= 15 is 0 Å². The van der Waals surface area contributed by atoms with E-state index in [0.717, 1.165) is 11.0 Å². The van der Waals surface area contributed by atoms with E-state index in [9.17, 15) is 15.0 Å². The Morgan fingerprint density at radius 2 is 2.23 bits per heavy atom. The summed E-state index contributed by atoms with van der Waals surface area (Å²) in [6.45, 7) is -0.482. The number of nitrogens with zero attached hydrogens (tertiary/aromatic N) is 3. The number of fused-ring (bicyclic) bond motifs is 1. The molecule has 0 saturated carbocycles. The zero-order valence-corrected chi connectivity index (χ0v) is 11.9. The van der Waals surface area contributed by atoms with Crippen LogP contribution in [0.3, 0.4) is 0 Å². The van der Waals surface area contributed by atoms with Gasteiger partial charge in [0, 0.05) is 0 Å². The molecule has 22 heavy (non-hydrogen) atoms. The molecule has 0 bridgehead atoms. The highest BCUT2D eigenvalue weighted by Crippen LogP contribution is 2.31. The van der Waals surface area contributed by atoms with E-state index < -0.39 is 36.7 Å². The van der Waals surface area contributed by atoms with Crippen LogP contribution in [0, 0.1) is 0 Å². The molecule has 11 heteroatoms. The molecule has 0 aromatic carbocycles. The Morgan fingerprint density at radius 3 is 2.82 bits per heavy atom. The van der Waals surface area contributed by atoms with Crippen LogP contribution >= 0.6 is 12.2 Å². The number of aliphatic hydroxyl groups is 3. The van der Waals surface area contributed by atoms with Crippen LogP contribution in [0.4, 0.5) is 0 Å². The molecule has 3 heterocycles. The molecule has 4 atom stereocenters. The number of nitrogens with two attached hydrogens (primary N) is 1. The molecule has 0 radical (unpaired) electrons. The Labute approximate surface area is 128 Å². The number of hydrogen-bond acceptors (Lipinski definition) is 8. The minimum atomic E-state index is -1.36. The molecule has 1 fully saturated rings. The van der Waals surface area contributed by atoms with E-state index in [2.05, 4.69) is 15.1 Å². The van der Waals surface area contributed by atoms with Crippen LogP contribution in [-0.4, -0.2) is 65.0 Å². The Balaban J connectivity index is 2.18. The first-order chi connectivity index (χ1) is 10.5. The van der Waals surface area contributed by atoms with Gasteiger partial charge in [0.2, 0.25) is 0 Å². The summed E-state index contributed by atoms with van der Waals surface area (Å²) in [5.74, 6) is 0. The maximum Gasteiger partial charge on any atom is 0.262 e. The van der Waals surface area contributed by atoms with Crippen molar-refractivity contribution in [1.29, 1.82) is 0 Å². The summed E-state index contributed by atoms with van der Waals surface area (Å²) in [5.41, 5.74) is 5.20. The summed E-state index contributed by atoms with van der Waals surface area (Å²) in [7, 11) is 0. The Morgan fingerprint density at radius 1 is 1.50 bits per heavy atom. The number of hydrogen-bond donors (Lipinski definition) is 5. The summed E-state index contributed by atoms with van der Waals surface area (Å²) in [4.78, 5) is 18.2. The lowest BCUT2D eigenvalue weighted by Crippen LogP contribution is -2.33. The minimum absolute atomic E-state index is 0.0390. The predicted molar refractivity (Wildman–Crippen MR) is 77.0 cm³/mol. The van der Waals surface area contributed by atoms with Gasteiger partial charge < -0.3 is 30.8 Å². The Kier molecular flexibility index (Phi) is 3.66. The lowest BCUT2D eigenvalue weighted by atomic mass is 10.1. The van der Waals surface area contributed by atoms with Crippen LogP contribution in [0.5, 0.6) is 0 Å². The molecule has 10 nitrogen and oxygen atoms in total.